The van der Waals surface area contributed by atoms with Crippen LogP contribution in [0.25, 0.3) is 0 Å². The predicted molar refractivity (Wildman–Crippen MR) is 77.4 cm³/mol. The Morgan fingerprint density at radius 1 is 1.56 bits per heavy atom. The summed E-state index contributed by atoms with van der Waals surface area (Å²) in [6, 6.07) is 2.02. The van der Waals surface area contributed by atoms with E-state index in [2.05, 4.69) is 5.32 Å². The van der Waals surface area contributed by atoms with Crippen molar-refractivity contribution in [1.82, 2.24) is 5.32 Å². The van der Waals surface area contributed by atoms with Gasteiger partial charge in [0, 0.05) is 29.2 Å². The molecule has 1 aromatic heterocycles. The fourth-order valence-corrected chi connectivity index (χ4v) is 4.01. The number of carbonyl (C=O) groups excluding carboxylic acids is 1. The number of nitrogens with one attached hydrogen (secondary N) is 1. The van der Waals surface area contributed by atoms with Crippen LogP contribution < -0.4 is 5.32 Å². The van der Waals surface area contributed by atoms with Crippen LogP contribution in [0.2, 0.25) is 0 Å². The van der Waals surface area contributed by atoms with Crippen LogP contribution in [0.3, 0.4) is 0 Å². The summed E-state index contributed by atoms with van der Waals surface area (Å²) >= 11 is 3.54. The van der Waals surface area contributed by atoms with Crippen LogP contribution in [0.5, 0.6) is 0 Å². The number of rotatable bonds is 4. The van der Waals surface area contributed by atoms with E-state index in [0.717, 1.165) is 22.8 Å². The molecule has 2 N–H and O–H groups in total. The molecular weight excluding hydrogens is 266 g/mol. The third-order valence-electron chi connectivity index (χ3n) is 3.01. The van der Waals surface area contributed by atoms with Crippen LogP contribution in [0.15, 0.2) is 6.07 Å². The molecule has 0 saturated heterocycles. The third-order valence-corrected chi connectivity index (χ3v) is 5.25. The lowest BCUT2D eigenvalue weighted by molar-refractivity contribution is 0.0915. The summed E-state index contributed by atoms with van der Waals surface area (Å²) in [5, 5.41) is 12.1. The molecule has 0 atom stereocenters. The second-order valence-corrected chi connectivity index (χ2v) is 7.61. The average Bonchev–Trinajstić information content (AvgIpc) is 2.80. The first-order chi connectivity index (χ1) is 8.52. The Kier molecular flexibility index (Phi) is 4.35. The van der Waals surface area contributed by atoms with Gasteiger partial charge in [0.1, 0.15) is 0 Å². The topological polar surface area (TPSA) is 49.3 Å². The highest BCUT2D eigenvalue weighted by atomic mass is 32.2. The van der Waals surface area contributed by atoms with Gasteiger partial charge in [0.2, 0.25) is 0 Å². The molecule has 0 aliphatic carbocycles. The van der Waals surface area contributed by atoms with E-state index in [1.165, 1.54) is 10.4 Å². The molecule has 2 heterocycles. The molecule has 0 radical (unpaired) electrons. The number of aliphatic hydroxyl groups excluding tert-OH is 1. The minimum Gasteiger partial charge on any atom is -0.396 e. The van der Waals surface area contributed by atoms with Crippen LogP contribution in [0, 0.1) is 5.41 Å². The van der Waals surface area contributed by atoms with Crippen molar-refractivity contribution in [3.8, 4) is 0 Å². The lowest BCUT2D eigenvalue weighted by Crippen LogP contribution is -2.35. The van der Waals surface area contributed by atoms with Crippen LogP contribution in [-0.4, -0.2) is 29.9 Å². The van der Waals surface area contributed by atoms with Crippen LogP contribution >= 0.6 is 23.1 Å². The largest absolute Gasteiger partial charge is 0.396 e. The van der Waals surface area contributed by atoms with E-state index in [4.69, 9.17) is 5.11 Å². The van der Waals surface area contributed by atoms with Crippen molar-refractivity contribution in [2.45, 2.75) is 26.0 Å². The highest BCUT2D eigenvalue weighted by Crippen LogP contribution is 2.31. The fourth-order valence-electron chi connectivity index (χ4n) is 1.72. The molecule has 1 aliphatic rings. The smallest absolute Gasteiger partial charge is 0.261 e. The van der Waals surface area contributed by atoms with Gasteiger partial charge in [0.25, 0.3) is 5.91 Å². The highest BCUT2D eigenvalue weighted by molar-refractivity contribution is 7.98. The quantitative estimate of drug-likeness (QED) is 0.892. The van der Waals surface area contributed by atoms with Gasteiger partial charge in [-0.3, -0.25) is 4.79 Å². The molecule has 0 aromatic carbocycles. The number of carbonyl (C=O) groups is 1. The first-order valence-electron chi connectivity index (χ1n) is 6.10. The highest BCUT2D eigenvalue weighted by Gasteiger charge is 2.20. The second-order valence-electron chi connectivity index (χ2n) is 5.37. The first kappa shape index (κ1) is 13.9. The second kappa shape index (κ2) is 5.63. The van der Waals surface area contributed by atoms with E-state index < -0.39 is 0 Å². The molecular formula is C13H19NO2S2. The predicted octanol–water partition coefficient (Wildman–Crippen LogP) is 2.29. The van der Waals surface area contributed by atoms with Gasteiger partial charge in [-0.15, -0.1) is 11.3 Å². The summed E-state index contributed by atoms with van der Waals surface area (Å²) in [6.45, 7) is 4.44. The summed E-state index contributed by atoms with van der Waals surface area (Å²) in [6.07, 6.45) is 1.08. The van der Waals surface area contributed by atoms with Crippen molar-refractivity contribution in [3.63, 3.8) is 0 Å². The van der Waals surface area contributed by atoms with Gasteiger partial charge in [-0.2, -0.15) is 11.8 Å². The summed E-state index contributed by atoms with van der Waals surface area (Å²) in [4.78, 5) is 14.2. The Hall–Kier alpha value is -0.520. The van der Waals surface area contributed by atoms with E-state index in [0.29, 0.717) is 6.54 Å². The molecule has 5 heteroatoms. The maximum absolute atomic E-state index is 12.0. The molecule has 18 heavy (non-hydrogen) atoms. The summed E-state index contributed by atoms with van der Waals surface area (Å²) < 4.78 is 0. The molecule has 0 bridgehead atoms. The molecule has 1 aliphatic heterocycles. The van der Waals surface area contributed by atoms with Gasteiger partial charge >= 0.3 is 0 Å². The van der Waals surface area contributed by atoms with Gasteiger partial charge in [0.15, 0.2) is 0 Å². The lowest BCUT2D eigenvalue weighted by Gasteiger charge is -2.21. The zero-order valence-electron chi connectivity index (χ0n) is 10.8. The number of thiophene rings is 1. The number of hydrogen-bond acceptors (Lipinski definition) is 4. The number of amides is 1. The number of aryl methyl sites for hydroxylation is 1. The third kappa shape index (κ3) is 3.28. The van der Waals surface area contributed by atoms with Crippen molar-refractivity contribution < 1.29 is 9.90 Å². The van der Waals surface area contributed by atoms with Crippen molar-refractivity contribution in [3.05, 3.63) is 21.4 Å². The van der Waals surface area contributed by atoms with Crippen molar-refractivity contribution in [2.24, 2.45) is 5.41 Å². The summed E-state index contributed by atoms with van der Waals surface area (Å²) in [5.41, 5.74) is 1.06. The number of hydrogen-bond donors (Lipinski definition) is 2. The standard InChI is InChI=1S/C13H19NO2S2/c1-13(2,8-15)7-14-12(16)11-5-9-6-17-4-3-10(9)18-11/h5,15H,3-4,6-8H2,1-2H3,(H,14,16). The van der Waals surface area contributed by atoms with E-state index in [1.807, 2.05) is 31.7 Å². The van der Waals surface area contributed by atoms with Crippen molar-refractivity contribution >= 4 is 29.0 Å². The molecule has 1 aromatic rings. The Morgan fingerprint density at radius 3 is 3.00 bits per heavy atom. The maximum atomic E-state index is 12.0. The summed E-state index contributed by atoms with van der Waals surface area (Å²) in [5.74, 6) is 2.17. The maximum Gasteiger partial charge on any atom is 0.261 e. The first-order valence-corrected chi connectivity index (χ1v) is 8.07. The van der Waals surface area contributed by atoms with Crippen LogP contribution in [0.4, 0.5) is 0 Å². The van der Waals surface area contributed by atoms with E-state index in [1.54, 1.807) is 11.3 Å². The number of thioether (sulfide) groups is 1. The van der Waals surface area contributed by atoms with Gasteiger partial charge in [-0.25, -0.2) is 0 Å². The molecule has 0 unspecified atom stereocenters. The molecule has 0 spiro atoms. The fraction of sp³-hybridized carbons (Fsp3) is 0.615. The molecule has 3 nitrogen and oxygen atoms in total. The Balaban J connectivity index is 1.99. The van der Waals surface area contributed by atoms with Gasteiger partial charge in [-0.1, -0.05) is 13.8 Å². The van der Waals surface area contributed by atoms with Gasteiger partial charge < -0.3 is 10.4 Å². The van der Waals surface area contributed by atoms with Gasteiger partial charge in [-0.05, 0) is 23.8 Å². The monoisotopic (exact) mass is 285 g/mol. The molecule has 2 rings (SSSR count). The Labute approximate surface area is 116 Å². The molecule has 1 amide bonds. The Bertz CT molecular complexity index is 417. The van der Waals surface area contributed by atoms with E-state index in [-0.39, 0.29) is 17.9 Å². The van der Waals surface area contributed by atoms with Crippen LogP contribution in [0.1, 0.15) is 34.0 Å². The van der Waals surface area contributed by atoms with Crippen LogP contribution in [-0.2, 0) is 12.2 Å². The van der Waals surface area contributed by atoms with Gasteiger partial charge in [0.05, 0.1) is 4.88 Å². The minimum absolute atomic E-state index is 0.0130. The molecule has 100 valence electrons. The molecule has 0 saturated carbocycles. The van der Waals surface area contributed by atoms with Crippen molar-refractivity contribution in [2.75, 3.05) is 18.9 Å². The number of aliphatic hydroxyl groups is 1. The SMILES string of the molecule is CC(C)(CO)CNC(=O)c1cc2c(s1)CCSC2. The van der Waals surface area contributed by atoms with Crippen molar-refractivity contribution in [1.29, 1.82) is 0 Å². The Morgan fingerprint density at radius 2 is 2.33 bits per heavy atom. The molecule has 0 fully saturated rings. The average molecular weight is 285 g/mol. The van der Waals surface area contributed by atoms with E-state index >= 15 is 0 Å². The zero-order chi connectivity index (χ0) is 13.2. The number of fused-ring (bicyclic) bond motifs is 1. The van der Waals surface area contributed by atoms with E-state index in [9.17, 15) is 4.79 Å². The zero-order valence-corrected chi connectivity index (χ0v) is 12.4. The normalized spacial score (nSPS) is 15.3. The summed E-state index contributed by atoms with van der Waals surface area (Å²) in [7, 11) is 0. The lowest BCUT2D eigenvalue weighted by atomic mass is 9.95. The minimum atomic E-state index is -0.262.